The highest BCUT2D eigenvalue weighted by molar-refractivity contribution is 6.03. The van der Waals surface area contributed by atoms with Crippen molar-refractivity contribution in [3.05, 3.63) is 66.9 Å². The number of rotatable bonds is 5. The zero-order chi connectivity index (χ0) is 24.2. The summed E-state index contributed by atoms with van der Waals surface area (Å²) in [4.78, 5) is 30.6. The first-order chi connectivity index (χ1) is 17.1. The van der Waals surface area contributed by atoms with Crippen LogP contribution in [0.1, 0.15) is 32.6 Å². The first-order valence-electron chi connectivity index (χ1n) is 12.1. The van der Waals surface area contributed by atoms with E-state index in [0.29, 0.717) is 24.8 Å². The number of ether oxygens (including phenoxy) is 2. The number of hydrogen-bond acceptors (Lipinski definition) is 5. The number of anilines is 2. The minimum absolute atomic E-state index is 0.106. The molecule has 0 unspecified atom stereocenters. The second-order valence-electron chi connectivity index (χ2n) is 9.07. The number of carbonyl (C=O) groups excluding carboxylic acids is 2. The number of aromatic nitrogens is 1. The van der Waals surface area contributed by atoms with Crippen LogP contribution in [-0.4, -0.2) is 36.1 Å². The molecule has 35 heavy (non-hydrogen) atoms. The summed E-state index contributed by atoms with van der Waals surface area (Å²) in [7, 11) is 0. The van der Waals surface area contributed by atoms with Gasteiger partial charge in [-0.1, -0.05) is 24.3 Å². The minimum Gasteiger partial charge on any atom is -0.490 e. The lowest BCUT2D eigenvalue weighted by Gasteiger charge is -2.30. The number of pyridine rings is 1. The molecular weight excluding hydrogens is 442 g/mol. The van der Waals surface area contributed by atoms with Gasteiger partial charge >= 0.3 is 6.03 Å². The number of urea groups is 1. The van der Waals surface area contributed by atoms with Crippen LogP contribution >= 0.6 is 0 Å². The molecule has 1 aromatic heterocycles. The highest BCUT2D eigenvalue weighted by Crippen LogP contribution is 2.36. The van der Waals surface area contributed by atoms with Gasteiger partial charge in [0.2, 0.25) is 5.88 Å². The number of hydrogen-bond donors (Lipinski definition) is 1. The van der Waals surface area contributed by atoms with Crippen molar-refractivity contribution in [1.82, 2.24) is 4.98 Å². The summed E-state index contributed by atoms with van der Waals surface area (Å²) >= 11 is 0. The second-order valence-corrected chi connectivity index (χ2v) is 9.07. The molecule has 0 saturated heterocycles. The monoisotopic (exact) mass is 471 g/mol. The maximum absolute atomic E-state index is 12.9. The molecule has 5 rings (SSSR count). The fraction of sp³-hybridized carbons (Fsp3) is 0.321. The number of Topliss-reactive ketones (excluding diaryl/α,β-unsaturated/α-hetero) is 1. The maximum Gasteiger partial charge on any atom is 0.326 e. The van der Waals surface area contributed by atoms with E-state index in [4.69, 9.17) is 9.47 Å². The number of carbonyl (C=O) groups is 2. The molecule has 1 saturated carbocycles. The number of nitrogens with zero attached hydrogens (tertiary/aromatic N) is 2. The molecule has 1 fully saturated rings. The van der Waals surface area contributed by atoms with Gasteiger partial charge < -0.3 is 14.8 Å². The Labute approximate surface area is 205 Å². The quantitative estimate of drug-likeness (QED) is 0.516. The molecule has 0 spiro atoms. The van der Waals surface area contributed by atoms with Gasteiger partial charge in [-0.3, -0.25) is 9.69 Å². The molecule has 7 heteroatoms. The minimum atomic E-state index is -0.186. The lowest BCUT2D eigenvalue weighted by Crippen LogP contribution is -2.40. The Balaban J connectivity index is 1.25. The number of ketones is 1. The van der Waals surface area contributed by atoms with Gasteiger partial charge in [-0.2, -0.15) is 0 Å². The molecule has 0 atom stereocenters. The molecule has 2 aromatic carbocycles. The van der Waals surface area contributed by atoms with E-state index >= 15 is 0 Å². The Morgan fingerprint density at radius 1 is 1.00 bits per heavy atom. The van der Waals surface area contributed by atoms with Crippen LogP contribution in [0.3, 0.4) is 0 Å². The Morgan fingerprint density at radius 2 is 1.77 bits per heavy atom. The average Bonchev–Trinajstić information content (AvgIpc) is 2.89. The lowest BCUT2D eigenvalue weighted by molar-refractivity contribution is -0.122. The van der Waals surface area contributed by atoms with Crippen LogP contribution in [-0.2, 0) is 4.79 Å². The van der Waals surface area contributed by atoms with Crippen LogP contribution < -0.4 is 19.7 Å². The van der Waals surface area contributed by atoms with E-state index in [0.717, 1.165) is 48.2 Å². The summed E-state index contributed by atoms with van der Waals surface area (Å²) in [5.74, 6) is 1.72. The predicted molar refractivity (Wildman–Crippen MR) is 135 cm³/mol. The average molecular weight is 472 g/mol. The van der Waals surface area contributed by atoms with Crippen molar-refractivity contribution in [2.45, 2.75) is 38.7 Å². The smallest absolute Gasteiger partial charge is 0.326 e. The number of benzene rings is 2. The molecule has 2 heterocycles. The van der Waals surface area contributed by atoms with Crippen LogP contribution in [0.25, 0.3) is 11.1 Å². The highest BCUT2D eigenvalue weighted by Gasteiger charge is 2.26. The van der Waals surface area contributed by atoms with Crippen molar-refractivity contribution in [3.63, 3.8) is 0 Å². The number of para-hydroxylation sites is 1. The van der Waals surface area contributed by atoms with E-state index in [-0.39, 0.29) is 23.8 Å². The summed E-state index contributed by atoms with van der Waals surface area (Å²) in [5.41, 5.74) is 3.38. The first kappa shape index (κ1) is 22.9. The van der Waals surface area contributed by atoms with Crippen molar-refractivity contribution in [2.75, 3.05) is 23.4 Å². The third-order valence-corrected chi connectivity index (χ3v) is 6.70. The van der Waals surface area contributed by atoms with Crippen molar-refractivity contribution < 1.29 is 19.1 Å². The Hall–Kier alpha value is -3.87. The summed E-state index contributed by atoms with van der Waals surface area (Å²) in [6, 6.07) is 18.9. The fourth-order valence-electron chi connectivity index (χ4n) is 4.70. The predicted octanol–water partition coefficient (Wildman–Crippen LogP) is 5.71. The summed E-state index contributed by atoms with van der Waals surface area (Å²) in [6.45, 7) is 2.58. The third kappa shape index (κ3) is 5.29. The molecule has 180 valence electrons. The Kier molecular flexibility index (Phi) is 6.66. The molecule has 1 aliphatic heterocycles. The third-order valence-electron chi connectivity index (χ3n) is 6.70. The molecule has 3 aromatic rings. The van der Waals surface area contributed by atoms with E-state index in [9.17, 15) is 9.59 Å². The van der Waals surface area contributed by atoms with Crippen LogP contribution in [0.2, 0.25) is 0 Å². The van der Waals surface area contributed by atoms with E-state index < -0.39 is 0 Å². The molecule has 2 amide bonds. The standard InChI is InChI=1S/C28H29N3O4/c1-19(32)20-7-11-24(12-8-20)35-27-14-10-22(18-29-27)21-9-13-25-26(17-21)34-16-15-31(25)28(33)30-23-5-3-2-4-6-23/h2-6,9-10,13-14,17-18,20,24H,7-8,11-12,15-16H2,1H3,(H,30,33). The number of amides is 2. The van der Waals surface area contributed by atoms with Crippen molar-refractivity contribution >= 4 is 23.2 Å². The zero-order valence-corrected chi connectivity index (χ0v) is 19.8. The normalized spacial score (nSPS) is 19.3. The van der Waals surface area contributed by atoms with Gasteiger partial charge in [-0.15, -0.1) is 0 Å². The summed E-state index contributed by atoms with van der Waals surface area (Å²) in [6.07, 6.45) is 5.42. The van der Waals surface area contributed by atoms with Gasteiger partial charge in [0, 0.05) is 29.4 Å². The zero-order valence-electron chi connectivity index (χ0n) is 19.8. The first-order valence-corrected chi connectivity index (χ1v) is 12.1. The van der Waals surface area contributed by atoms with Gasteiger partial charge in [-0.25, -0.2) is 9.78 Å². The van der Waals surface area contributed by atoms with Crippen molar-refractivity contribution in [3.8, 4) is 22.8 Å². The molecular formula is C28H29N3O4. The van der Waals surface area contributed by atoms with Crippen molar-refractivity contribution in [1.29, 1.82) is 0 Å². The molecule has 0 radical (unpaired) electrons. The van der Waals surface area contributed by atoms with E-state index in [2.05, 4.69) is 10.3 Å². The lowest BCUT2D eigenvalue weighted by atomic mass is 9.85. The largest absolute Gasteiger partial charge is 0.490 e. The summed E-state index contributed by atoms with van der Waals surface area (Å²) < 4.78 is 11.9. The van der Waals surface area contributed by atoms with Gasteiger partial charge in [0.1, 0.15) is 24.2 Å². The molecule has 1 aliphatic carbocycles. The molecule has 7 nitrogen and oxygen atoms in total. The summed E-state index contributed by atoms with van der Waals surface area (Å²) in [5, 5.41) is 2.94. The molecule has 2 aliphatic rings. The van der Waals surface area contributed by atoms with Gasteiger partial charge in [-0.05, 0) is 68.5 Å². The number of fused-ring (bicyclic) bond motifs is 1. The van der Waals surface area contributed by atoms with E-state index in [1.54, 1.807) is 18.0 Å². The van der Waals surface area contributed by atoms with Gasteiger partial charge in [0.15, 0.2) is 0 Å². The second kappa shape index (κ2) is 10.2. The van der Waals surface area contributed by atoms with Crippen LogP contribution in [0, 0.1) is 5.92 Å². The molecule has 0 bridgehead atoms. The van der Waals surface area contributed by atoms with Gasteiger partial charge in [0.05, 0.1) is 12.2 Å². The van der Waals surface area contributed by atoms with Crippen molar-refractivity contribution in [2.24, 2.45) is 5.92 Å². The van der Waals surface area contributed by atoms with E-state index in [1.807, 2.05) is 60.7 Å². The Morgan fingerprint density at radius 3 is 2.49 bits per heavy atom. The maximum atomic E-state index is 12.9. The fourth-order valence-corrected chi connectivity index (χ4v) is 4.70. The topological polar surface area (TPSA) is 80.8 Å². The Bertz CT molecular complexity index is 1190. The van der Waals surface area contributed by atoms with Gasteiger partial charge in [0.25, 0.3) is 0 Å². The van der Waals surface area contributed by atoms with Crippen LogP contribution in [0.5, 0.6) is 11.6 Å². The number of nitrogens with one attached hydrogen (secondary N) is 1. The van der Waals surface area contributed by atoms with E-state index in [1.165, 1.54) is 0 Å². The molecule has 1 N–H and O–H groups in total. The SMILES string of the molecule is CC(=O)C1CCC(Oc2ccc(-c3ccc4c(c3)OCCN4C(=O)Nc3ccccc3)cn2)CC1. The van der Waals surface area contributed by atoms with Crippen LogP contribution in [0.15, 0.2) is 66.9 Å². The van der Waals surface area contributed by atoms with Crippen LogP contribution in [0.4, 0.5) is 16.2 Å². The highest BCUT2D eigenvalue weighted by atomic mass is 16.5.